The Morgan fingerprint density at radius 1 is 1.29 bits per heavy atom. The summed E-state index contributed by atoms with van der Waals surface area (Å²) in [6, 6.07) is 8.42. The maximum atomic E-state index is 11.1. The van der Waals surface area contributed by atoms with E-state index in [4.69, 9.17) is 0 Å². The third-order valence-electron chi connectivity index (χ3n) is 4.59. The Hall–Kier alpha value is -0.860. The molecule has 1 aromatic rings. The average molecular weight is 231 g/mol. The molecule has 3 heterocycles. The molecule has 92 valence electrons. The third-order valence-corrected chi connectivity index (χ3v) is 4.59. The van der Waals surface area contributed by atoms with Crippen molar-refractivity contribution in [1.82, 2.24) is 4.90 Å². The lowest BCUT2D eigenvalue weighted by atomic mass is 9.70. The first-order valence-corrected chi connectivity index (χ1v) is 6.77. The van der Waals surface area contributed by atoms with E-state index in [-0.39, 0.29) is 0 Å². The smallest absolute Gasteiger partial charge is 0.105 e. The van der Waals surface area contributed by atoms with Crippen molar-refractivity contribution in [3.8, 4) is 0 Å². The van der Waals surface area contributed by atoms with Crippen molar-refractivity contribution >= 4 is 0 Å². The lowest BCUT2D eigenvalue weighted by Crippen LogP contribution is -2.57. The van der Waals surface area contributed by atoms with E-state index in [1.165, 1.54) is 24.2 Å². The maximum Gasteiger partial charge on any atom is 0.105 e. The van der Waals surface area contributed by atoms with Crippen molar-refractivity contribution in [3.63, 3.8) is 0 Å². The highest BCUT2D eigenvalue weighted by Crippen LogP contribution is 2.43. The topological polar surface area (TPSA) is 23.5 Å². The summed E-state index contributed by atoms with van der Waals surface area (Å²) in [7, 11) is 0. The van der Waals surface area contributed by atoms with Crippen LogP contribution in [0.15, 0.2) is 24.3 Å². The molecule has 0 spiro atoms. The van der Waals surface area contributed by atoms with Crippen molar-refractivity contribution in [2.45, 2.75) is 31.8 Å². The predicted octanol–water partition coefficient (Wildman–Crippen LogP) is 2.16. The Balaban J connectivity index is 2.02. The van der Waals surface area contributed by atoms with Crippen LogP contribution in [0, 0.1) is 5.92 Å². The molecule has 17 heavy (non-hydrogen) atoms. The molecule has 1 atom stereocenters. The summed E-state index contributed by atoms with van der Waals surface area (Å²) in [6.07, 6.45) is 3.30. The highest BCUT2D eigenvalue weighted by molar-refractivity contribution is 5.34. The summed E-state index contributed by atoms with van der Waals surface area (Å²) in [6.45, 7) is 5.33. The molecule has 1 N–H and O–H groups in total. The van der Waals surface area contributed by atoms with E-state index in [0.29, 0.717) is 5.92 Å². The van der Waals surface area contributed by atoms with Crippen LogP contribution >= 0.6 is 0 Å². The van der Waals surface area contributed by atoms with Crippen molar-refractivity contribution in [1.29, 1.82) is 0 Å². The van der Waals surface area contributed by atoms with E-state index >= 15 is 0 Å². The molecule has 1 aromatic carbocycles. The van der Waals surface area contributed by atoms with Gasteiger partial charge in [0.25, 0.3) is 0 Å². The minimum Gasteiger partial charge on any atom is -0.384 e. The first-order valence-electron chi connectivity index (χ1n) is 6.77. The fourth-order valence-corrected chi connectivity index (χ4v) is 3.59. The van der Waals surface area contributed by atoms with E-state index in [0.717, 1.165) is 25.8 Å². The molecule has 3 aliphatic heterocycles. The van der Waals surface area contributed by atoms with E-state index in [2.05, 4.69) is 36.1 Å². The van der Waals surface area contributed by atoms with Crippen molar-refractivity contribution in [2.75, 3.05) is 19.6 Å². The molecule has 0 aliphatic carbocycles. The lowest BCUT2D eigenvalue weighted by molar-refractivity contribution is -0.118. The van der Waals surface area contributed by atoms with Gasteiger partial charge in [0.15, 0.2) is 0 Å². The van der Waals surface area contributed by atoms with Gasteiger partial charge in [-0.1, -0.05) is 31.2 Å². The first kappa shape index (κ1) is 11.2. The van der Waals surface area contributed by atoms with Gasteiger partial charge < -0.3 is 10.0 Å². The monoisotopic (exact) mass is 231 g/mol. The number of aliphatic hydroxyl groups is 1. The van der Waals surface area contributed by atoms with Gasteiger partial charge in [0.05, 0.1) is 0 Å². The maximum absolute atomic E-state index is 11.1. The minimum absolute atomic E-state index is 0.459. The van der Waals surface area contributed by atoms with Crippen molar-refractivity contribution < 1.29 is 5.11 Å². The zero-order valence-corrected chi connectivity index (χ0v) is 10.5. The van der Waals surface area contributed by atoms with E-state index in [9.17, 15) is 5.11 Å². The fourth-order valence-electron chi connectivity index (χ4n) is 3.59. The second-order valence-corrected chi connectivity index (χ2v) is 5.49. The van der Waals surface area contributed by atoms with Gasteiger partial charge >= 0.3 is 0 Å². The number of piperidine rings is 3. The number of fused-ring (bicyclic) bond motifs is 3. The average Bonchev–Trinajstić information content (AvgIpc) is 2.40. The Morgan fingerprint density at radius 3 is 2.59 bits per heavy atom. The Morgan fingerprint density at radius 2 is 2.00 bits per heavy atom. The van der Waals surface area contributed by atoms with Crippen molar-refractivity contribution in [3.05, 3.63) is 35.4 Å². The summed E-state index contributed by atoms with van der Waals surface area (Å²) in [5.74, 6) is 0.459. The second-order valence-electron chi connectivity index (χ2n) is 5.49. The molecule has 4 rings (SSSR count). The Labute approximate surface area is 103 Å². The summed E-state index contributed by atoms with van der Waals surface area (Å²) >= 11 is 0. The van der Waals surface area contributed by atoms with Crippen LogP contribution in [-0.2, 0) is 12.0 Å². The second kappa shape index (κ2) is 4.11. The van der Waals surface area contributed by atoms with Crippen LogP contribution in [0.4, 0.5) is 0 Å². The van der Waals surface area contributed by atoms with Gasteiger partial charge in [-0.3, -0.25) is 0 Å². The van der Waals surface area contributed by atoms with Crippen LogP contribution in [-0.4, -0.2) is 29.6 Å². The summed E-state index contributed by atoms with van der Waals surface area (Å²) in [4.78, 5) is 2.41. The molecule has 3 aliphatic rings. The molecular weight excluding hydrogens is 210 g/mol. The molecule has 0 aromatic heterocycles. The van der Waals surface area contributed by atoms with Crippen LogP contribution in [0.2, 0.25) is 0 Å². The molecule has 3 saturated heterocycles. The highest BCUT2D eigenvalue weighted by atomic mass is 16.3. The number of benzene rings is 1. The number of nitrogens with zero attached hydrogens (tertiary/aromatic N) is 1. The standard InChI is InChI=1S/C15H21NO/c1-2-12-5-3-4-6-14(12)15(17)11-16-9-7-13(15)8-10-16/h3-6,13,17H,2,7-11H2,1H3. The molecular formula is C15H21NO. The van der Waals surface area contributed by atoms with Crippen LogP contribution < -0.4 is 0 Å². The van der Waals surface area contributed by atoms with Crippen LogP contribution in [0.25, 0.3) is 0 Å². The molecule has 2 nitrogen and oxygen atoms in total. The largest absolute Gasteiger partial charge is 0.384 e. The zero-order chi connectivity index (χ0) is 11.9. The number of aryl methyl sites for hydroxylation is 1. The molecule has 3 fully saturated rings. The lowest BCUT2D eigenvalue weighted by Gasteiger charge is -2.51. The van der Waals surface area contributed by atoms with Gasteiger partial charge in [0.2, 0.25) is 0 Å². The van der Waals surface area contributed by atoms with Crippen LogP contribution in [0.1, 0.15) is 30.9 Å². The Bertz CT molecular complexity index is 409. The molecule has 2 bridgehead atoms. The highest BCUT2D eigenvalue weighted by Gasteiger charge is 2.47. The van der Waals surface area contributed by atoms with E-state index in [1.54, 1.807) is 0 Å². The van der Waals surface area contributed by atoms with E-state index < -0.39 is 5.60 Å². The summed E-state index contributed by atoms with van der Waals surface area (Å²) in [5, 5.41) is 11.1. The molecule has 0 radical (unpaired) electrons. The van der Waals surface area contributed by atoms with Gasteiger partial charge in [-0.15, -0.1) is 0 Å². The van der Waals surface area contributed by atoms with Gasteiger partial charge in [0.1, 0.15) is 5.60 Å². The first-order chi connectivity index (χ1) is 8.24. The zero-order valence-electron chi connectivity index (χ0n) is 10.5. The van der Waals surface area contributed by atoms with Gasteiger partial charge in [-0.2, -0.15) is 0 Å². The number of hydrogen-bond acceptors (Lipinski definition) is 2. The minimum atomic E-state index is -0.594. The van der Waals surface area contributed by atoms with Gasteiger partial charge in [0, 0.05) is 6.54 Å². The number of rotatable bonds is 2. The molecule has 1 unspecified atom stereocenters. The SMILES string of the molecule is CCc1ccccc1C1(O)CN2CCC1CC2. The Kier molecular flexibility index (Phi) is 2.72. The number of hydrogen-bond donors (Lipinski definition) is 1. The van der Waals surface area contributed by atoms with Crippen LogP contribution in [0.3, 0.4) is 0 Å². The summed E-state index contributed by atoms with van der Waals surface area (Å²) < 4.78 is 0. The normalized spacial score (nSPS) is 36.1. The summed E-state index contributed by atoms with van der Waals surface area (Å²) in [5.41, 5.74) is 1.89. The quantitative estimate of drug-likeness (QED) is 0.843. The predicted molar refractivity (Wildman–Crippen MR) is 68.9 cm³/mol. The van der Waals surface area contributed by atoms with Gasteiger partial charge in [-0.05, 0) is 49.4 Å². The van der Waals surface area contributed by atoms with Crippen molar-refractivity contribution in [2.24, 2.45) is 5.92 Å². The van der Waals surface area contributed by atoms with Crippen LogP contribution in [0.5, 0.6) is 0 Å². The molecule has 0 amide bonds. The molecule has 0 saturated carbocycles. The molecule has 2 heteroatoms. The van der Waals surface area contributed by atoms with E-state index in [1.807, 2.05) is 0 Å². The van der Waals surface area contributed by atoms with Gasteiger partial charge in [-0.25, -0.2) is 0 Å². The fraction of sp³-hybridized carbons (Fsp3) is 0.600. The third kappa shape index (κ3) is 1.71.